The van der Waals surface area contributed by atoms with Gasteiger partial charge in [0.25, 0.3) is 0 Å². The van der Waals surface area contributed by atoms with E-state index >= 15 is 0 Å². The summed E-state index contributed by atoms with van der Waals surface area (Å²) in [6.45, 7) is 4.13. The van der Waals surface area contributed by atoms with Crippen LogP contribution in [0.3, 0.4) is 0 Å². The molecule has 0 bridgehead atoms. The summed E-state index contributed by atoms with van der Waals surface area (Å²) in [6.07, 6.45) is 5.70. The molecule has 2 aromatic rings. The lowest BCUT2D eigenvalue weighted by atomic mass is 9.83. The molecule has 18 heavy (non-hydrogen) atoms. The molecule has 0 spiro atoms. The van der Waals surface area contributed by atoms with Crippen molar-refractivity contribution >= 4 is 0 Å². The molecular weight excluding hydrogens is 228 g/mol. The second-order valence-corrected chi connectivity index (χ2v) is 5.01. The SMILES string of the molecule is CC1(c2nc(-c3cccnc3)no2)CCCNC1. The van der Waals surface area contributed by atoms with E-state index in [1.807, 2.05) is 12.1 Å². The smallest absolute Gasteiger partial charge is 0.234 e. The first-order chi connectivity index (χ1) is 8.78. The van der Waals surface area contributed by atoms with Gasteiger partial charge in [0.15, 0.2) is 0 Å². The molecule has 3 rings (SSSR count). The van der Waals surface area contributed by atoms with Crippen molar-refractivity contribution in [3.8, 4) is 11.4 Å². The normalized spacial score (nSPS) is 24.1. The highest BCUT2D eigenvalue weighted by Crippen LogP contribution is 2.30. The predicted molar refractivity (Wildman–Crippen MR) is 67.0 cm³/mol. The number of hydrogen-bond donors (Lipinski definition) is 1. The Balaban J connectivity index is 1.89. The van der Waals surface area contributed by atoms with Gasteiger partial charge in [0.2, 0.25) is 11.7 Å². The summed E-state index contributed by atoms with van der Waals surface area (Å²) in [7, 11) is 0. The second kappa shape index (κ2) is 4.49. The molecule has 5 nitrogen and oxygen atoms in total. The average molecular weight is 244 g/mol. The monoisotopic (exact) mass is 244 g/mol. The van der Waals surface area contributed by atoms with Crippen LogP contribution in [0.15, 0.2) is 29.0 Å². The number of piperidine rings is 1. The highest BCUT2D eigenvalue weighted by atomic mass is 16.5. The van der Waals surface area contributed by atoms with E-state index in [0.717, 1.165) is 31.5 Å². The average Bonchev–Trinajstić information content (AvgIpc) is 2.91. The molecule has 5 heteroatoms. The van der Waals surface area contributed by atoms with Crippen LogP contribution in [-0.2, 0) is 5.41 Å². The van der Waals surface area contributed by atoms with Gasteiger partial charge in [0, 0.05) is 24.5 Å². The molecule has 0 aromatic carbocycles. The summed E-state index contributed by atoms with van der Waals surface area (Å²) in [4.78, 5) is 8.58. The maximum atomic E-state index is 5.43. The van der Waals surface area contributed by atoms with Gasteiger partial charge in [-0.15, -0.1) is 0 Å². The summed E-state index contributed by atoms with van der Waals surface area (Å²) in [6, 6.07) is 3.80. The summed E-state index contributed by atoms with van der Waals surface area (Å²) in [5.41, 5.74) is 0.839. The van der Waals surface area contributed by atoms with E-state index in [9.17, 15) is 0 Å². The van der Waals surface area contributed by atoms with E-state index in [1.54, 1.807) is 12.4 Å². The van der Waals surface area contributed by atoms with Gasteiger partial charge in [-0.3, -0.25) is 4.98 Å². The third kappa shape index (κ3) is 2.01. The second-order valence-electron chi connectivity index (χ2n) is 5.01. The topological polar surface area (TPSA) is 63.8 Å². The van der Waals surface area contributed by atoms with E-state index in [2.05, 4.69) is 27.4 Å². The minimum Gasteiger partial charge on any atom is -0.338 e. The molecule has 1 fully saturated rings. The zero-order valence-electron chi connectivity index (χ0n) is 10.4. The highest BCUT2D eigenvalue weighted by molar-refractivity contribution is 5.52. The Bertz CT molecular complexity index is 517. The first-order valence-corrected chi connectivity index (χ1v) is 6.23. The maximum Gasteiger partial charge on any atom is 0.234 e. The zero-order chi connectivity index (χ0) is 12.4. The third-order valence-corrected chi connectivity index (χ3v) is 3.46. The van der Waals surface area contributed by atoms with Crippen LogP contribution in [0.2, 0.25) is 0 Å². The Labute approximate surface area is 106 Å². The van der Waals surface area contributed by atoms with Crippen LogP contribution in [0.5, 0.6) is 0 Å². The fraction of sp³-hybridized carbons (Fsp3) is 0.462. The van der Waals surface area contributed by atoms with Gasteiger partial charge < -0.3 is 9.84 Å². The van der Waals surface area contributed by atoms with Gasteiger partial charge in [-0.05, 0) is 38.4 Å². The van der Waals surface area contributed by atoms with Crippen LogP contribution in [0.25, 0.3) is 11.4 Å². The van der Waals surface area contributed by atoms with E-state index in [1.165, 1.54) is 0 Å². The van der Waals surface area contributed by atoms with Crippen molar-refractivity contribution in [1.82, 2.24) is 20.4 Å². The molecule has 3 heterocycles. The van der Waals surface area contributed by atoms with E-state index in [-0.39, 0.29) is 5.41 Å². The zero-order valence-corrected chi connectivity index (χ0v) is 10.4. The standard InChI is InChI=1S/C13H16N4O/c1-13(5-3-7-15-9-13)12-16-11(17-18-12)10-4-2-6-14-8-10/h2,4,6,8,15H,3,5,7,9H2,1H3. The molecule has 2 aromatic heterocycles. The fourth-order valence-corrected chi connectivity index (χ4v) is 2.32. The van der Waals surface area contributed by atoms with E-state index in [4.69, 9.17) is 4.52 Å². The van der Waals surface area contributed by atoms with Crippen molar-refractivity contribution in [2.75, 3.05) is 13.1 Å². The molecule has 1 aliphatic heterocycles. The molecule has 0 amide bonds. The first-order valence-electron chi connectivity index (χ1n) is 6.23. The quantitative estimate of drug-likeness (QED) is 0.872. The molecule has 1 aliphatic rings. The lowest BCUT2D eigenvalue weighted by molar-refractivity contribution is 0.245. The van der Waals surface area contributed by atoms with Crippen LogP contribution >= 0.6 is 0 Å². The molecule has 1 saturated heterocycles. The number of rotatable bonds is 2. The van der Waals surface area contributed by atoms with Crippen molar-refractivity contribution < 1.29 is 4.52 Å². The van der Waals surface area contributed by atoms with Crippen LogP contribution in [-0.4, -0.2) is 28.2 Å². The van der Waals surface area contributed by atoms with Gasteiger partial charge in [-0.25, -0.2) is 0 Å². The van der Waals surface area contributed by atoms with Crippen molar-refractivity contribution in [2.45, 2.75) is 25.2 Å². The van der Waals surface area contributed by atoms with Gasteiger partial charge in [0.1, 0.15) is 0 Å². The van der Waals surface area contributed by atoms with Crippen molar-refractivity contribution in [1.29, 1.82) is 0 Å². The fourth-order valence-electron chi connectivity index (χ4n) is 2.32. The van der Waals surface area contributed by atoms with Crippen LogP contribution < -0.4 is 5.32 Å². The molecule has 0 radical (unpaired) electrons. The van der Waals surface area contributed by atoms with Gasteiger partial charge in [0.05, 0.1) is 5.41 Å². The largest absolute Gasteiger partial charge is 0.338 e. The van der Waals surface area contributed by atoms with Crippen LogP contribution in [0.1, 0.15) is 25.7 Å². The molecular formula is C13H16N4O. The maximum absolute atomic E-state index is 5.43. The van der Waals surface area contributed by atoms with Crippen LogP contribution in [0, 0.1) is 0 Å². The highest BCUT2D eigenvalue weighted by Gasteiger charge is 2.34. The van der Waals surface area contributed by atoms with Gasteiger partial charge in [-0.2, -0.15) is 4.98 Å². The number of nitrogens with zero attached hydrogens (tertiary/aromatic N) is 3. The molecule has 0 saturated carbocycles. The lowest BCUT2D eigenvalue weighted by Gasteiger charge is -2.30. The number of hydrogen-bond acceptors (Lipinski definition) is 5. The minimum atomic E-state index is -0.0499. The third-order valence-electron chi connectivity index (χ3n) is 3.46. The van der Waals surface area contributed by atoms with E-state index in [0.29, 0.717) is 11.7 Å². The molecule has 94 valence electrons. The Kier molecular flexibility index (Phi) is 2.83. The Hall–Kier alpha value is -1.75. The van der Waals surface area contributed by atoms with Gasteiger partial charge >= 0.3 is 0 Å². The van der Waals surface area contributed by atoms with E-state index < -0.39 is 0 Å². The molecule has 1 unspecified atom stereocenters. The summed E-state index contributed by atoms with van der Waals surface area (Å²) in [5, 5.41) is 7.44. The first kappa shape index (κ1) is 11.3. The van der Waals surface area contributed by atoms with Crippen molar-refractivity contribution in [3.63, 3.8) is 0 Å². The Morgan fingerprint density at radius 3 is 3.11 bits per heavy atom. The molecule has 0 aliphatic carbocycles. The predicted octanol–water partition coefficient (Wildman–Crippen LogP) is 1.77. The molecule has 1 atom stereocenters. The van der Waals surface area contributed by atoms with Crippen LogP contribution in [0.4, 0.5) is 0 Å². The Morgan fingerprint density at radius 2 is 2.39 bits per heavy atom. The number of aromatic nitrogens is 3. The number of nitrogens with one attached hydrogen (secondary N) is 1. The van der Waals surface area contributed by atoms with Gasteiger partial charge in [-0.1, -0.05) is 5.16 Å². The summed E-state index contributed by atoms with van der Waals surface area (Å²) >= 11 is 0. The lowest BCUT2D eigenvalue weighted by Crippen LogP contribution is -2.41. The Morgan fingerprint density at radius 1 is 1.44 bits per heavy atom. The molecule has 1 N–H and O–H groups in total. The van der Waals surface area contributed by atoms with Crippen molar-refractivity contribution in [3.05, 3.63) is 30.4 Å². The number of pyridine rings is 1. The summed E-state index contributed by atoms with van der Waals surface area (Å²) < 4.78 is 5.43. The summed E-state index contributed by atoms with van der Waals surface area (Å²) in [5.74, 6) is 1.33. The minimum absolute atomic E-state index is 0.0499. The van der Waals surface area contributed by atoms with Crippen molar-refractivity contribution in [2.24, 2.45) is 0 Å².